The highest BCUT2D eigenvalue weighted by Gasteiger charge is 1.99. The lowest BCUT2D eigenvalue weighted by atomic mass is 10.2. The first-order valence-electron chi connectivity index (χ1n) is 3.48. The topological polar surface area (TPSA) is 35.5 Å². The zero-order chi connectivity index (χ0) is 7.82. The van der Waals surface area contributed by atoms with E-state index in [4.69, 9.17) is 0 Å². The summed E-state index contributed by atoms with van der Waals surface area (Å²) in [4.78, 5) is 19.5. The average molecular weight is 146 g/mol. The van der Waals surface area contributed by atoms with Crippen molar-refractivity contribution in [1.29, 1.82) is 0 Å². The molecule has 0 N–H and O–H groups in total. The molecule has 0 heterocycles. The summed E-state index contributed by atoms with van der Waals surface area (Å²) in [5.74, 6) is 0.101. The Morgan fingerprint density at radius 2 is 2.20 bits per heavy atom. The first kappa shape index (κ1) is 9.59. The number of unbranched alkanes of at least 4 members (excludes halogenated alkanes) is 1. The second kappa shape index (κ2) is 6.71. The van der Waals surface area contributed by atoms with Gasteiger partial charge in [0.2, 0.25) is 0 Å². The van der Waals surface area contributed by atoms with Crippen LogP contribution in [0.15, 0.2) is 0 Å². The third kappa shape index (κ3) is 5.72. The molecule has 3 nitrogen and oxygen atoms in total. The van der Waals surface area contributed by atoms with Gasteiger partial charge >= 0.3 is 0 Å². The van der Waals surface area contributed by atoms with Crippen LogP contribution in [0.1, 0.15) is 26.2 Å². The van der Waals surface area contributed by atoms with Crippen LogP contribution in [0.3, 0.4) is 0 Å². The van der Waals surface area contributed by atoms with Crippen LogP contribution in [0.4, 0.5) is 0 Å². The van der Waals surface area contributed by atoms with Crippen LogP contribution in [-0.2, 0) is 14.6 Å². The van der Waals surface area contributed by atoms with Gasteiger partial charge in [-0.3, -0.25) is 4.79 Å². The van der Waals surface area contributed by atoms with E-state index in [1.54, 1.807) is 0 Å². The monoisotopic (exact) mass is 146 g/mol. The SMILES string of the molecule is CCCCC(=O)COOC. The van der Waals surface area contributed by atoms with Gasteiger partial charge < -0.3 is 0 Å². The lowest BCUT2D eigenvalue weighted by Crippen LogP contribution is -2.07. The van der Waals surface area contributed by atoms with Crippen LogP contribution in [0.2, 0.25) is 0 Å². The van der Waals surface area contributed by atoms with Gasteiger partial charge in [-0.25, -0.2) is 9.78 Å². The van der Waals surface area contributed by atoms with Crippen LogP contribution in [-0.4, -0.2) is 19.5 Å². The van der Waals surface area contributed by atoms with E-state index < -0.39 is 0 Å². The van der Waals surface area contributed by atoms with Crippen molar-refractivity contribution >= 4 is 5.78 Å². The van der Waals surface area contributed by atoms with E-state index in [-0.39, 0.29) is 12.4 Å². The lowest BCUT2D eigenvalue weighted by molar-refractivity contribution is -0.267. The summed E-state index contributed by atoms with van der Waals surface area (Å²) in [5.41, 5.74) is 0. The standard InChI is InChI=1S/C7H14O3/c1-3-4-5-7(8)6-10-9-2/h3-6H2,1-2H3. The summed E-state index contributed by atoms with van der Waals surface area (Å²) in [6.45, 7) is 2.13. The number of carbonyl (C=O) groups excluding carboxylic acids is 1. The maximum absolute atomic E-state index is 10.8. The highest BCUT2D eigenvalue weighted by atomic mass is 17.2. The first-order valence-corrected chi connectivity index (χ1v) is 3.48. The molecule has 0 radical (unpaired) electrons. The first-order chi connectivity index (χ1) is 4.81. The smallest absolute Gasteiger partial charge is 0.161 e. The van der Waals surface area contributed by atoms with E-state index in [1.807, 2.05) is 6.92 Å². The zero-order valence-corrected chi connectivity index (χ0v) is 6.55. The summed E-state index contributed by atoms with van der Waals surface area (Å²) in [6.07, 6.45) is 2.57. The Morgan fingerprint density at radius 3 is 2.70 bits per heavy atom. The van der Waals surface area contributed by atoms with Crippen molar-refractivity contribution in [2.45, 2.75) is 26.2 Å². The van der Waals surface area contributed by atoms with Gasteiger partial charge in [0.05, 0.1) is 7.11 Å². The van der Waals surface area contributed by atoms with Crippen LogP contribution in [0, 0.1) is 0 Å². The molecular weight excluding hydrogens is 132 g/mol. The number of ketones is 1. The fourth-order valence-electron chi connectivity index (χ4n) is 0.571. The summed E-state index contributed by atoms with van der Waals surface area (Å²) >= 11 is 0. The molecule has 0 amide bonds. The quantitative estimate of drug-likeness (QED) is 0.419. The Bertz CT molecular complexity index is 80.9. The van der Waals surface area contributed by atoms with Crippen LogP contribution < -0.4 is 0 Å². The van der Waals surface area contributed by atoms with E-state index in [1.165, 1.54) is 7.11 Å². The number of carbonyl (C=O) groups is 1. The molecule has 0 unspecified atom stereocenters. The van der Waals surface area contributed by atoms with E-state index in [9.17, 15) is 4.79 Å². The summed E-state index contributed by atoms with van der Waals surface area (Å²) in [6, 6.07) is 0. The maximum Gasteiger partial charge on any atom is 0.161 e. The van der Waals surface area contributed by atoms with Crippen molar-refractivity contribution < 1.29 is 14.6 Å². The molecular formula is C7H14O3. The zero-order valence-electron chi connectivity index (χ0n) is 6.55. The molecule has 0 saturated heterocycles. The minimum Gasteiger partial charge on any atom is -0.297 e. The molecule has 0 spiro atoms. The fourth-order valence-corrected chi connectivity index (χ4v) is 0.571. The summed E-state index contributed by atoms with van der Waals surface area (Å²) in [5, 5.41) is 0. The van der Waals surface area contributed by atoms with Gasteiger partial charge in [0.25, 0.3) is 0 Å². The van der Waals surface area contributed by atoms with Gasteiger partial charge in [0.15, 0.2) is 5.78 Å². The second-order valence-corrected chi connectivity index (χ2v) is 2.07. The Morgan fingerprint density at radius 1 is 1.50 bits per heavy atom. The van der Waals surface area contributed by atoms with E-state index in [0.717, 1.165) is 12.8 Å². The van der Waals surface area contributed by atoms with Crippen molar-refractivity contribution in [3.63, 3.8) is 0 Å². The number of rotatable bonds is 6. The third-order valence-corrected chi connectivity index (χ3v) is 1.15. The second-order valence-electron chi connectivity index (χ2n) is 2.07. The van der Waals surface area contributed by atoms with Crippen molar-refractivity contribution in [2.75, 3.05) is 13.7 Å². The van der Waals surface area contributed by atoms with Gasteiger partial charge in [-0.1, -0.05) is 13.3 Å². The van der Waals surface area contributed by atoms with Crippen molar-refractivity contribution in [2.24, 2.45) is 0 Å². The molecule has 0 aliphatic heterocycles. The predicted molar refractivity (Wildman–Crippen MR) is 37.5 cm³/mol. The molecule has 0 aliphatic rings. The predicted octanol–water partition coefficient (Wildman–Crippen LogP) is 1.32. The minimum atomic E-state index is 0.0799. The lowest BCUT2D eigenvalue weighted by Gasteiger charge is -1.97. The van der Waals surface area contributed by atoms with Gasteiger partial charge in [0.1, 0.15) is 6.61 Å². The van der Waals surface area contributed by atoms with Crippen molar-refractivity contribution in [3.05, 3.63) is 0 Å². The number of hydrogen-bond acceptors (Lipinski definition) is 3. The molecule has 3 heteroatoms. The minimum absolute atomic E-state index is 0.0799. The maximum atomic E-state index is 10.8. The molecule has 0 aromatic carbocycles. The number of Topliss-reactive ketones (excluding diaryl/α,β-unsaturated/α-hetero) is 1. The van der Waals surface area contributed by atoms with Crippen LogP contribution in [0.25, 0.3) is 0 Å². The molecule has 0 fully saturated rings. The summed E-state index contributed by atoms with van der Waals surface area (Å²) in [7, 11) is 1.40. The highest BCUT2D eigenvalue weighted by molar-refractivity contribution is 5.79. The third-order valence-electron chi connectivity index (χ3n) is 1.15. The molecule has 10 heavy (non-hydrogen) atoms. The molecule has 60 valence electrons. The molecule has 0 aliphatic carbocycles. The Balaban J connectivity index is 3.09. The van der Waals surface area contributed by atoms with Gasteiger partial charge in [-0.05, 0) is 6.42 Å². The molecule has 0 aromatic rings. The van der Waals surface area contributed by atoms with Crippen molar-refractivity contribution in [1.82, 2.24) is 0 Å². The van der Waals surface area contributed by atoms with Crippen LogP contribution >= 0.6 is 0 Å². The van der Waals surface area contributed by atoms with Crippen LogP contribution in [0.5, 0.6) is 0 Å². The number of hydrogen-bond donors (Lipinski definition) is 0. The molecule has 0 rings (SSSR count). The largest absolute Gasteiger partial charge is 0.297 e. The van der Waals surface area contributed by atoms with E-state index in [0.29, 0.717) is 6.42 Å². The normalized spacial score (nSPS) is 9.80. The Kier molecular flexibility index (Phi) is 6.43. The Hall–Kier alpha value is -0.410. The van der Waals surface area contributed by atoms with Gasteiger partial charge in [-0.15, -0.1) is 0 Å². The Labute approximate surface area is 61.2 Å². The average Bonchev–Trinajstić information content (AvgIpc) is 1.97. The van der Waals surface area contributed by atoms with Gasteiger partial charge in [-0.2, -0.15) is 0 Å². The van der Waals surface area contributed by atoms with E-state index in [2.05, 4.69) is 9.78 Å². The molecule has 0 saturated carbocycles. The summed E-state index contributed by atoms with van der Waals surface area (Å²) < 4.78 is 0. The van der Waals surface area contributed by atoms with Gasteiger partial charge in [0, 0.05) is 6.42 Å². The highest BCUT2D eigenvalue weighted by Crippen LogP contribution is 1.95. The van der Waals surface area contributed by atoms with Crippen molar-refractivity contribution in [3.8, 4) is 0 Å². The van der Waals surface area contributed by atoms with E-state index >= 15 is 0 Å². The molecule has 0 bridgehead atoms. The molecule has 0 atom stereocenters. The molecule has 0 aromatic heterocycles. The fraction of sp³-hybridized carbons (Fsp3) is 0.857.